The van der Waals surface area contributed by atoms with Gasteiger partial charge < -0.3 is 0 Å². The molecule has 0 heterocycles. The molecule has 0 bridgehead atoms. The third-order valence-corrected chi connectivity index (χ3v) is 4.41. The van der Waals surface area contributed by atoms with Crippen molar-refractivity contribution in [3.05, 3.63) is 83.4 Å². The van der Waals surface area contributed by atoms with Gasteiger partial charge in [0.25, 0.3) is 0 Å². The number of ketones is 1. The highest BCUT2D eigenvalue weighted by atomic mass is 16.1. The van der Waals surface area contributed by atoms with Gasteiger partial charge in [-0.15, -0.1) is 0 Å². The van der Waals surface area contributed by atoms with Gasteiger partial charge in [-0.05, 0) is 39.9 Å². The van der Waals surface area contributed by atoms with Gasteiger partial charge in [0, 0.05) is 6.42 Å². The zero-order valence-corrected chi connectivity index (χ0v) is 11.8. The second kappa shape index (κ2) is 4.85. The van der Waals surface area contributed by atoms with Gasteiger partial charge in [-0.1, -0.05) is 60.7 Å². The lowest BCUT2D eigenvalue weighted by molar-refractivity contribution is -0.120. The first-order chi connectivity index (χ1) is 10.3. The van der Waals surface area contributed by atoms with Crippen LogP contribution in [-0.4, -0.2) is 5.78 Å². The Hall–Kier alpha value is -2.41. The van der Waals surface area contributed by atoms with Crippen LogP contribution in [0.2, 0.25) is 0 Å². The van der Waals surface area contributed by atoms with Gasteiger partial charge in [-0.2, -0.15) is 0 Å². The van der Waals surface area contributed by atoms with Gasteiger partial charge in [0.05, 0.1) is 5.92 Å². The molecule has 0 spiro atoms. The summed E-state index contributed by atoms with van der Waals surface area (Å²) in [5.74, 6) is 0.239. The van der Waals surface area contributed by atoms with Crippen LogP contribution in [0.5, 0.6) is 0 Å². The van der Waals surface area contributed by atoms with Crippen LogP contribution in [-0.2, 0) is 11.2 Å². The molecule has 1 nitrogen and oxygen atoms in total. The predicted octanol–water partition coefficient (Wildman–Crippen LogP) is 4.49. The van der Waals surface area contributed by atoms with Crippen LogP contribution in [0.25, 0.3) is 10.8 Å². The summed E-state index contributed by atoms with van der Waals surface area (Å²) >= 11 is 0. The van der Waals surface area contributed by atoms with Crippen LogP contribution in [0.4, 0.5) is 0 Å². The predicted molar refractivity (Wildman–Crippen MR) is 85.6 cm³/mol. The minimum atomic E-state index is -0.0976. The topological polar surface area (TPSA) is 17.1 Å². The molecule has 102 valence electrons. The molecule has 0 N–H and O–H groups in total. The van der Waals surface area contributed by atoms with Gasteiger partial charge in [-0.25, -0.2) is 0 Å². The van der Waals surface area contributed by atoms with Crippen LogP contribution in [0.3, 0.4) is 0 Å². The second-order valence-corrected chi connectivity index (χ2v) is 5.71. The van der Waals surface area contributed by atoms with E-state index in [9.17, 15) is 4.79 Å². The molecule has 0 amide bonds. The first-order valence-corrected chi connectivity index (χ1v) is 7.42. The normalized spacial score (nSPS) is 17.7. The standard InChI is InChI=1S/C20H16O/c21-19-11-10-17-12-15-8-4-5-9-16(15)13-18(17)20(19)14-6-2-1-3-7-14/h1-9,12-13,20H,10-11H2. The number of fused-ring (bicyclic) bond motifs is 2. The lowest BCUT2D eigenvalue weighted by Crippen LogP contribution is -2.21. The van der Waals surface area contributed by atoms with Crippen molar-refractivity contribution in [2.24, 2.45) is 0 Å². The van der Waals surface area contributed by atoms with E-state index in [1.807, 2.05) is 18.2 Å². The molecule has 0 fully saturated rings. The number of benzene rings is 3. The maximum atomic E-state index is 12.5. The van der Waals surface area contributed by atoms with E-state index in [1.165, 1.54) is 21.9 Å². The summed E-state index contributed by atoms with van der Waals surface area (Å²) in [6.07, 6.45) is 1.51. The summed E-state index contributed by atoms with van der Waals surface area (Å²) < 4.78 is 0. The van der Waals surface area contributed by atoms with E-state index >= 15 is 0 Å². The fourth-order valence-electron chi connectivity index (χ4n) is 3.38. The molecule has 21 heavy (non-hydrogen) atoms. The van der Waals surface area contributed by atoms with E-state index in [-0.39, 0.29) is 5.92 Å². The smallest absolute Gasteiger partial charge is 0.145 e. The zero-order valence-electron chi connectivity index (χ0n) is 11.8. The van der Waals surface area contributed by atoms with Crippen molar-refractivity contribution in [2.75, 3.05) is 0 Å². The highest BCUT2D eigenvalue weighted by molar-refractivity contribution is 5.94. The van der Waals surface area contributed by atoms with Gasteiger partial charge in [0.15, 0.2) is 0 Å². The molecule has 1 unspecified atom stereocenters. The van der Waals surface area contributed by atoms with Crippen molar-refractivity contribution < 1.29 is 4.79 Å². The monoisotopic (exact) mass is 272 g/mol. The number of carbonyl (C=O) groups is 1. The SMILES string of the molecule is O=C1CCc2cc3ccccc3cc2C1c1ccccc1. The summed E-state index contributed by atoms with van der Waals surface area (Å²) in [5, 5.41) is 2.48. The molecule has 1 aliphatic rings. The number of rotatable bonds is 1. The van der Waals surface area contributed by atoms with Crippen LogP contribution < -0.4 is 0 Å². The van der Waals surface area contributed by atoms with Gasteiger partial charge in [0.1, 0.15) is 5.78 Å². The Labute approximate surface area is 124 Å². The Morgan fingerprint density at radius 1 is 0.762 bits per heavy atom. The van der Waals surface area contributed by atoms with Crippen LogP contribution in [0, 0.1) is 0 Å². The van der Waals surface area contributed by atoms with Crippen LogP contribution in [0.15, 0.2) is 66.7 Å². The Bertz CT molecular complexity index is 818. The second-order valence-electron chi connectivity index (χ2n) is 5.71. The number of aryl methyl sites for hydroxylation is 1. The molecule has 0 saturated carbocycles. The Balaban J connectivity index is 1.95. The third-order valence-electron chi connectivity index (χ3n) is 4.41. The van der Waals surface area contributed by atoms with Gasteiger partial charge in [-0.3, -0.25) is 4.79 Å². The van der Waals surface area contributed by atoms with Gasteiger partial charge >= 0.3 is 0 Å². The average Bonchev–Trinajstić information content (AvgIpc) is 2.54. The molecular weight excluding hydrogens is 256 g/mol. The molecule has 3 aromatic carbocycles. The lowest BCUT2D eigenvalue weighted by Gasteiger charge is -2.25. The summed E-state index contributed by atoms with van der Waals surface area (Å²) in [6.45, 7) is 0. The van der Waals surface area contributed by atoms with Crippen LogP contribution >= 0.6 is 0 Å². The molecule has 0 radical (unpaired) electrons. The molecule has 1 aliphatic carbocycles. The van der Waals surface area contributed by atoms with E-state index < -0.39 is 0 Å². The van der Waals surface area contributed by atoms with E-state index in [0.717, 1.165) is 12.0 Å². The molecule has 0 aromatic heterocycles. The van der Waals surface area contributed by atoms with Crippen molar-refractivity contribution in [2.45, 2.75) is 18.8 Å². The number of hydrogen-bond donors (Lipinski definition) is 0. The molecule has 3 aromatic rings. The maximum Gasteiger partial charge on any atom is 0.145 e. The molecule has 0 saturated heterocycles. The van der Waals surface area contributed by atoms with Gasteiger partial charge in [0.2, 0.25) is 0 Å². The third kappa shape index (κ3) is 2.06. The Morgan fingerprint density at radius 3 is 2.19 bits per heavy atom. The molecule has 0 aliphatic heterocycles. The largest absolute Gasteiger partial charge is 0.299 e. The number of Topliss-reactive ketones (excluding diaryl/α,β-unsaturated/α-hetero) is 1. The van der Waals surface area contributed by atoms with Crippen molar-refractivity contribution >= 4 is 16.6 Å². The number of hydrogen-bond acceptors (Lipinski definition) is 1. The summed E-state index contributed by atoms with van der Waals surface area (Å²) in [6, 6.07) is 23.0. The molecule has 4 rings (SSSR count). The van der Waals surface area contributed by atoms with E-state index in [1.54, 1.807) is 0 Å². The lowest BCUT2D eigenvalue weighted by atomic mass is 9.77. The Kier molecular flexibility index (Phi) is 2.85. The molecular formula is C20H16O. The first-order valence-electron chi connectivity index (χ1n) is 7.42. The minimum absolute atomic E-state index is 0.0976. The van der Waals surface area contributed by atoms with Crippen molar-refractivity contribution in [1.82, 2.24) is 0 Å². The van der Waals surface area contributed by atoms with Crippen molar-refractivity contribution in [3.63, 3.8) is 0 Å². The molecule has 1 heteroatoms. The van der Waals surface area contributed by atoms with E-state index in [2.05, 4.69) is 48.5 Å². The summed E-state index contributed by atoms with van der Waals surface area (Å²) in [5.41, 5.74) is 3.62. The highest BCUT2D eigenvalue weighted by Crippen LogP contribution is 2.36. The molecule has 1 atom stereocenters. The zero-order chi connectivity index (χ0) is 14.2. The average molecular weight is 272 g/mol. The quantitative estimate of drug-likeness (QED) is 0.638. The van der Waals surface area contributed by atoms with E-state index in [0.29, 0.717) is 12.2 Å². The minimum Gasteiger partial charge on any atom is -0.299 e. The van der Waals surface area contributed by atoms with Crippen molar-refractivity contribution in [1.29, 1.82) is 0 Å². The summed E-state index contributed by atoms with van der Waals surface area (Å²) in [4.78, 5) is 12.5. The maximum absolute atomic E-state index is 12.5. The fraction of sp³-hybridized carbons (Fsp3) is 0.150. The summed E-state index contributed by atoms with van der Waals surface area (Å²) in [7, 11) is 0. The fourth-order valence-corrected chi connectivity index (χ4v) is 3.38. The Morgan fingerprint density at radius 2 is 1.43 bits per heavy atom. The van der Waals surface area contributed by atoms with E-state index in [4.69, 9.17) is 0 Å². The van der Waals surface area contributed by atoms with Crippen molar-refractivity contribution in [3.8, 4) is 0 Å². The number of carbonyl (C=O) groups excluding carboxylic acids is 1. The highest BCUT2D eigenvalue weighted by Gasteiger charge is 2.29. The van der Waals surface area contributed by atoms with Crippen LogP contribution in [0.1, 0.15) is 29.0 Å². The first kappa shape index (κ1) is 12.3.